The molecule has 0 saturated heterocycles. The summed E-state index contributed by atoms with van der Waals surface area (Å²) in [6.45, 7) is 0. The van der Waals surface area contributed by atoms with Crippen LogP contribution in [-0.2, 0) is 0 Å². The average molecular weight is 453 g/mol. The molecule has 0 unspecified atom stereocenters. The summed E-state index contributed by atoms with van der Waals surface area (Å²) in [7, 11) is 0. The molecule has 0 spiro atoms. The molecule has 1 heterocycles. The minimum Gasteiger partial charge on any atom is -0.361 e. The van der Waals surface area contributed by atoms with Crippen LogP contribution in [0.1, 0.15) is 10.4 Å². The van der Waals surface area contributed by atoms with Crippen molar-refractivity contribution in [1.29, 1.82) is 0 Å². The van der Waals surface area contributed by atoms with Crippen LogP contribution in [0.4, 0.5) is 5.69 Å². The Balaban J connectivity index is 1.70. The number of hydrogen-bond acceptors (Lipinski definition) is 2. The number of anilines is 1. The number of nitrogens with one attached hydrogen (secondary N) is 2. The van der Waals surface area contributed by atoms with Crippen LogP contribution in [0.3, 0.4) is 0 Å². The van der Waals surface area contributed by atoms with Gasteiger partial charge in [0.2, 0.25) is 0 Å². The number of amides is 1. The lowest BCUT2D eigenvalue weighted by molar-refractivity contribution is 0.102. The summed E-state index contributed by atoms with van der Waals surface area (Å²) in [5.74, 6) is -0.197. The molecule has 0 fully saturated rings. The third-order valence-corrected chi connectivity index (χ3v) is 6.01. The molecule has 4 rings (SSSR count). The molecule has 3 aromatic carbocycles. The van der Waals surface area contributed by atoms with Gasteiger partial charge < -0.3 is 10.3 Å². The van der Waals surface area contributed by atoms with Gasteiger partial charge in [-0.2, -0.15) is 0 Å². The Morgan fingerprint density at radius 2 is 1.80 bits per heavy atom. The van der Waals surface area contributed by atoms with Crippen molar-refractivity contribution in [2.75, 3.05) is 11.6 Å². The first-order valence-corrected chi connectivity index (χ1v) is 11.2. The predicted molar refractivity (Wildman–Crippen MR) is 128 cm³/mol. The van der Waals surface area contributed by atoms with Gasteiger partial charge in [0.15, 0.2) is 0 Å². The monoisotopic (exact) mass is 452 g/mol. The van der Waals surface area contributed by atoms with Crippen molar-refractivity contribution in [3.05, 3.63) is 94.6 Å². The lowest BCUT2D eigenvalue weighted by Gasteiger charge is -2.13. The maximum absolute atomic E-state index is 13.2. The molecule has 0 aliphatic rings. The SMILES string of the molecule is CSc1ccc(C(=O)Nc2ccc(Cl)c(-c3ccc[nH]3)c2)c(-c2cccc(Cl)c2)c1. The van der Waals surface area contributed by atoms with E-state index < -0.39 is 0 Å². The number of rotatable bonds is 5. The van der Waals surface area contributed by atoms with E-state index in [0.717, 1.165) is 27.3 Å². The second kappa shape index (κ2) is 9.00. The zero-order valence-corrected chi connectivity index (χ0v) is 18.4. The van der Waals surface area contributed by atoms with Crippen molar-refractivity contribution in [3.8, 4) is 22.4 Å². The molecular formula is C24H18Cl2N2OS. The molecule has 0 atom stereocenters. The van der Waals surface area contributed by atoms with Gasteiger partial charge in [-0.05, 0) is 78.0 Å². The fraction of sp³-hybridized carbons (Fsp3) is 0.0417. The zero-order valence-electron chi connectivity index (χ0n) is 16.1. The van der Waals surface area contributed by atoms with E-state index >= 15 is 0 Å². The number of H-pyrrole nitrogens is 1. The molecule has 3 nitrogen and oxygen atoms in total. The second-order valence-corrected chi connectivity index (χ2v) is 8.38. The van der Waals surface area contributed by atoms with Gasteiger partial charge in [0.25, 0.3) is 5.91 Å². The summed E-state index contributed by atoms with van der Waals surface area (Å²) in [6, 6.07) is 22.6. The van der Waals surface area contributed by atoms with E-state index in [-0.39, 0.29) is 5.91 Å². The number of aromatic nitrogens is 1. The quantitative estimate of drug-likeness (QED) is 0.305. The molecule has 0 aliphatic heterocycles. The number of aromatic amines is 1. The summed E-state index contributed by atoms with van der Waals surface area (Å²) < 4.78 is 0. The van der Waals surface area contributed by atoms with Gasteiger partial charge in [-0.1, -0.05) is 35.3 Å². The van der Waals surface area contributed by atoms with Crippen LogP contribution in [0.15, 0.2) is 83.9 Å². The lowest BCUT2D eigenvalue weighted by Crippen LogP contribution is -2.13. The van der Waals surface area contributed by atoms with E-state index in [4.69, 9.17) is 23.2 Å². The van der Waals surface area contributed by atoms with E-state index in [9.17, 15) is 4.79 Å². The number of halogens is 2. The Morgan fingerprint density at radius 3 is 2.53 bits per heavy atom. The van der Waals surface area contributed by atoms with Crippen molar-refractivity contribution >= 4 is 46.6 Å². The Bertz CT molecular complexity index is 1210. The highest BCUT2D eigenvalue weighted by atomic mass is 35.5. The highest BCUT2D eigenvalue weighted by Crippen LogP contribution is 2.32. The molecule has 150 valence electrons. The molecule has 30 heavy (non-hydrogen) atoms. The van der Waals surface area contributed by atoms with Crippen LogP contribution < -0.4 is 5.32 Å². The smallest absolute Gasteiger partial charge is 0.256 e. The highest BCUT2D eigenvalue weighted by Gasteiger charge is 2.15. The fourth-order valence-electron chi connectivity index (χ4n) is 3.25. The van der Waals surface area contributed by atoms with E-state index in [2.05, 4.69) is 10.3 Å². The molecule has 2 N–H and O–H groups in total. The minimum absolute atomic E-state index is 0.197. The molecule has 0 radical (unpaired) electrons. The highest BCUT2D eigenvalue weighted by molar-refractivity contribution is 7.98. The normalized spacial score (nSPS) is 10.8. The molecule has 0 saturated carbocycles. The molecule has 1 aromatic heterocycles. The summed E-state index contributed by atoms with van der Waals surface area (Å²) >= 11 is 14.2. The maximum Gasteiger partial charge on any atom is 0.256 e. The summed E-state index contributed by atoms with van der Waals surface area (Å²) in [6.07, 6.45) is 3.84. The van der Waals surface area contributed by atoms with Gasteiger partial charge >= 0.3 is 0 Å². The summed E-state index contributed by atoms with van der Waals surface area (Å²) in [5, 5.41) is 4.24. The number of benzene rings is 3. The Morgan fingerprint density at radius 1 is 0.933 bits per heavy atom. The van der Waals surface area contributed by atoms with Crippen molar-refractivity contribution in [2.24, 2.45) is 0 Å². The van der Waals surface area contributed by atoms with Crippen LogP contribution in [0, 0.1) is 0 Å². The Labute approximate surface area is 189 Å². The number of carbonyl (C=O) groups excluding carboxylic acids is 1. The van der Waals surface area contributed by atoms with Gasteiger partial charge in [0.1, 0.15) is 0 Å². The van der Waals surface area contributed by atoms with E-state index in [1.165, 1.54) is 0 Å². The molecule has 1 amide bonds. The average Bonchev–Trinajstić information content (AvgIpc) is 3.29. The van der Waals surface area contributed by atoms with Crippen molar-refractivity contribution in [3.63, 3.8) is 0 Å². The van der Waals surface area contributed by atoms with Crippen LogP contribution in [0.5, 0.6) is 0 Å². The fourth-order valence-corrected chi connectivity index (χ4v) is 4.10. The van der Waals surface area contributed by atoms with Gasteiger partial charge in [-0.15, -0.1) is 11.8 Å². The van der Waals surface area contributed by atoms with E-state index in [0.29, 0.717) is 21.3 Å². The third kappa shape index (κ3) is 4.41. The molecular weight excluding hydrogens is 435 g/mol. The first kappa shape index (κ1) is 20.6. The van der Waals surface area contributed by atoms with E-state index in [1.54, 1.807) is 23.9 Å². The Hall–Kier alpha value is -2.66. The van der Waals surface area contributed by atoms with E-state index in [1.807, 2.05) is 73.1 Å². The van der Waals surface area contributed by atoms with Crippen molar-refractivity contribution in [2.45, 2.75) is 4.90 Å². The topological polar surface area (TPSA) is 44.9 Å². The first-order valence-electron chi connectivity index (χ1n) is 9.24. The largest absolute Gasteiger partial charge is 0.361 e. The molecule has 4 aromatic rings. The maximum atomic E-state index is 13.2. The second-order valence-electron chi connectivity index (χ2n) is 6.65. The third-order valence-electron chi connectivity index (χ3n) is 4.72. The van der Waals surface area contributed by atoms with Gasteiger partial charge in [0.05, 0.1) is 5.02 Å². The summed E-state index contributed by atoms with van der Waals surface area (Å²) in [4.78, 5) is 17.4. The van der Waals surface area contributed by atoms with Gasteiger partial charge in [-0.3, -0.25) is 4.79 Å². The van der Waals surface area contributed by atoms with Crippen LogP contribution in [0.25, 0.3) is 22.4 Å². The van der Waals surface area contributed by atoms with Gasteiger partial charge in [0, 0.05) is 38.6 Å². The number of thioether (sulfide) groups is 1. The summed E-state index contributed by atoms with van der Waals surface area (Å²) in [5.41, 5.74) is 4.69. The zero-order chi connectivity index (χ0) is 21.1. The number of carbonyl (C=O) groups is 1. The lowest BCUT2D eigenvalue weighted by atomic mass is 9.99. The minimum atomic E-state index is -0.197. The molecule has 0 aliphatic carbocycles. The first-order chi connectivity index (χ1) is 14.5. The van der Waals surface area contributed by atoms with Crippen LogP contribution >= 0.6 is 35.0 Å². The van der Waals surface area contributed by atoms with Crippen molar-refractivity contribution < 1.29 is 4.79 Å². The van der Waals surface area contributed by atoms with Gasteiger partial charge in [-0.25, -0.2) is 0 Å². The molecule has 0 bridgehead atoms. The number of hydrogen-bond donors (Lipinski definition) is 2. The standard InChI is InChI=1S/C24H18Cl2N2OS/c1-30-18-8-9-19(20(14-18)15-4-2-5-16(25)12-15)24(29)28-17-7-10-22(26)21(13-17)23-6-3-11-27-23/h2-14,27H,1H3,(H,28,29). The van der Waals surface area contributed by atoms with Crippen LogP contribution in [-0.4, -0.2) is 17.1 Å². The van der Waals surface area contributed by atoms with Crippen LogP contribution in [0.2, 0.25) is 10.0 Å². The Kier molecular flexibility index (Phi) is 6.18. The van der Waals surface area contributed by atoms with Crippen molar-refractivity contribution in [1.82, 2.24) is 4.98 Å². The predicted octanol–water partition coefficient (Wildman–Crippen LogP) is 7.63. The molecule has 6 heteroatoms.